The van der Waals surface area contributed by atoms with Gasteiger partial charge in [-0.05, 0) is 50.7 Å². The average molecular weight is 591 g/mol. The third kappa shape index (κ3) is 8.54. The van der Waals surface area contributed by atoms with Crippen molar-refractivity contribution in [3.8, 4) is 0 Å². The van der Waals surface area contributed by atoms with Gasteiger partial charge < -0.3 is 24.9 Å². The lowest BCUT2D eigenvalue weighted by molar-refractivity contribution is -0.192. The van der Waals surface area contributed by atoms with Crippen molar-refractivity contribution in [2.24, 2.45) is 0 Å². The first kappa shape index (κ1) is 30.5. The highest BCUT2D eigenvalue weighted by Gasteiger charge is 2.38. The number of H-pyrrole nitrogens is 1. The number of carbonyl (C=O) groups is 1. The van der Waals surface area contributed by atoms with Gasteiger partial charge in [-0.2, -0.15) is 24.9 Å². The fourth-order valence-corrected chi connectivity index (χ4v) is 6.28. The van der Waals surface area contributed by atoms with Gasteiger partial charge in [0.05, 0.1) is 24.5 Å². The third-order valence-corrected chi connectivity index (χ3v) is 8.69. The molecule has 0 radical (unpaired) electrons. The summed E-state index contributed by atoms with van der Waals surface area (Å²) in [5, 5.41) is 11.2. The van der Waals surface area contributed by atoms with Crippen LogP contribution >= 0.6 is 11.8 Å². The molecular weight excluding hydrogens is 556 g/mol. The molecule has 222 valence electrons. The number of hydrogen-bond donors (Lipinski definition) is 3. The van der Waals surface area contributed by atoms with Crippen molar-refractivity contribution >= 4 is 34.3 Å². The van der Waals surface area contributed by atoms with Gasteiger partial charge in [-0.3, -0.25) is 9.69 Å². The van der Waals surface area contributed by atoms with Crippen molar-refractivity contribution in [3.05, 3.63) is 34.1 Å². The van der Waals surface area contributed by atoms with Crippen LogP contribution in [0, 0.1) is 5.82 Å². The van der Waals surface area contributed by atoms with E-state index in [1.807, 2.05) is 6.07 Å². The average Bonchev–Trinajstić information content (AvgIpc) is 2.93. The smallest absolute Gasteiger partial charge is 0.475 e. The highest BCUT2D eigenvalue weighted by atomic mass is 32.2. The van der Waals surface area contributed by atoms with Crippen LogP contribution in [0.3, 0.4) is 0 Å². The number of nitrogens with zero attached hydrogens (tertiary/aromatic N) is 2. The number of carboxylic acid groups (broad SMARTS) is 1. The number of ether oxygens (including phenoxy) is 2. The zero-order valence-corrected chi connectivity index (χ0v) is 22.8. The number of rotatable bonds is 6. The van der Waals surface area contributed by atoms with E-state index < -0.39 is 23.5 Å². The zero-order chi connectivity index (χ0) is 28.7. The summed E-state index contributed by atoms with van der Waals surface area (Å²) in [6.07, 6.45) is 1.32. The molecule has 0 bridgehead atoms. The molecule has 40 heavy (non-hydrogen) atoms. The Morgan fingerprint density at radius 2 is 1.70 bits per heavy atom. The predicted molar refractivity (Wildman–Crippen MR) is 143 cm³/mol. The summed E-state index contributed by atoms with van der Waals surface area (Å²) >= 11 is 1.78. The Morgan fingerprint density at radius 3 is 2.33 bits per heavy atom. The van der Waals surface area contributed by atoms with Gasteiger partial charge in [0, 0.05) is 49.3 Å². The quantitative estimate of drug-likeness (QED) is 0.427. The lowest BCUT2D eigenvalue weighted by Crippen LogP contribution is -2.46. The molecule has 0 spiro atoms. The van der Waals surface area contributed by atoms with E-state index in [4.69, 9.17) is 19.4 Å². The molecule has 2 aromatic rings. The first-order chi connectivity index (χ1) is 19.1. The Labute approximate surface area is 233 Å². The van der Waals surface area contributed by atoms with Crippen molar-refractivity contribution in [1.82, 2.24) is 14.9 Å². The Morgan fingerprint density at radius 1 is 1.07 bits per heavy atom. The first-order valence-electron chi connectivity index (χ1n) is 13.4. The number of thioether (sulfide) groups is 1. The summed E-state index contributed by atoms with van der Waals surface area (Å²) < 4.78 is 57.5. The molecule has 1 aliphatic carbocycles. The summed E-state index contributed by atoms with van der Waals surface area (Å²) in [7, 11) is 0. The number of fused-ring (bicyclic) bond motifs is 1. The molecule has 1 aromatic heterocycles. The van der Waals surface area contributed by atoms with Crippen LogP contribution in [0.5, 0.6) is 0 Å². The highest BCUT2D eigenvalue weighted by Crippen LogP contribution is 2.29. The van der Waals surface area contributed by atoms with Crippen LogP contribution in [-0.2, 0) is 20.0 Å². The van der Waals surface area contributed by atoms with E-state index in [1.165, 1.54) is 6.07 Å². The number of alkyl halides is 3. The molecule has 0 unspecified atom stereocenters. The normalized spacial score (nSPS) is 22.9. The van der Waals surface area contributed by atoms with Crippen LogP contribution in [0.15, 0.2) is 16.9 Å². The maximum Gasteiger partial charge on any atom is 0.490 e. The van der Waals surface area contributed by atoms with E-state index in [0.29, 0.717) is 40.1 Å². The molecule has 0 amide bonds. The van der Waals surface area contributed by atoms with Gasteiger partial charge in [0.1, 0.15) is 17.0 Å². The molecule has 3 heterocycles. The maximum atomic E-state index is 14.8. The highest BCUT2D eigenvalue weighted by molar-refractivity contribution is 7.99. The molecule has 3 fully saturated rings. The summed E-state index contributed by atoms with van der Waals surface area (Å²) in [4.78, 5) is 31.4. The molecular formula is C26H34F4N4O5S. The molecule has 14 heteroatoms. The van der Waals surface area contributed by atoms with Gasteiger partial charge in [0.15, 0.2) is 0 Å². The Kier molecular flexibility index (Phi) is 10.7. The van der Waals surface area contributed by atoms with E-state index in [9.17, 15) is 22.4 Å². The second kappa shape index (κ2) is 14.0. The summed E-state index contributed by atoms with van der Waals surface area (Å²) in [6.45, 7) is 5.27. The van der Waals surface area contributed by atoms with Crippen LogP contribution in [0.2, 0.25) is 0 Å². The first-order valence-corrected chi connectivity index (χ1v) is 14.4. The largest absolute Gasteiger partial charge is 0.490 e. The molecule has 0 atom stereocenters. The minimum absolute atomic E-state index is 0.0383. The number of benzene rings is 1. The van der Waals surface area contributed by atoms with Crippen LogP contribution in [0.25, 0.3) is 10.9 Å². The monoisotopic (exact) mass is 590 g/mol. The van der Waals surface area contributed by atoms with Crippen molar-refractivity contribution in [1.29, 1.82) is 0 Å². The van der Waals surface area contributed by atoms with Crippen molar-refractivity contribution in [3.63, 3.8) is 0 Å². The summed E-state index contributed by atoms with van der Waals surface area (Å²) in [5.41, 5.74) is 0.722. The summed E-state index contributed by atoms with van der Waals surface area (Å²) in [6, 6.07) is 4.19. The van der Waals surface area contributed by atoms with Crippen LogP contribution < -0.4 is 10.9 Å². The van der Waals surface area contributed by atoms with E-state index in [1.54, 1.807) is 11.8 Å². The van der Waals surface area contributed by atoms with Crippen LogP contribution in [0.1, 0.15) is 44.3 Å². The topological polar surface area (TPSA) is 117 Å². The van der Waals surface area contributed by atoms with Gasteiger partial charge in [0.2, 0.25) is 0 Å². The number of hydrogen-bond acceptors (Lipinski definition) is 8. The maximum absolute atomic E-state index is 14.8. The molecule has 5 rings (SSSR count). The van der Waals surface area contributed by atoms with Gasteiger partial charge in [-0.1, -0.05) is 0 Å². The van der Waals surface area contributed by atoms with Crippen LogP contribution in [-0.4, -0.2) is 89.0 Å². The van der Waals surface area contributed by atoms with Gasteiger partial charge in [0.25, 0.3) is 5.56 Å². The number of nitrogens with one attached hydrogen (secondary N) is 2. The molecule has 9 nitrogen and oxygen atoms in total. The minimum Gasteiger partial charge on any atom is -0.475 e. The lowest BCUT2D eigenvalue weighted by Gasteiger charge is -2.39. The lowest BCUT2D eigenvalue weighted by atomic mass is 9.89. The summed E-state index contributed by atoms with van der Waals surface area (Å²) in [5.74, 6) is -2.06. The second-order valence-electron chi connectivity index (χ2n) is 10.1. The minimum atomic E-state index is -5.08. The second-order valence-corrected chi connectivity index (χ2v) is 11.4. The number of halogens is 4. The fraction of sp³-hybridized carbons (Fsp3) is 0.654. The fourth-order valence-electron chi connectivity index (χ4n) is 5.23. The molecule has 3 aliphatic rings. The van der Waals surface area contributed by atoms with E-state index in [2.05, 4.69) is 20.2 Å². The molecule has 2 saturated heterocycles. The molecule has 2 aliphatic heterocycles. The van der Waals surface area contributed by atoms with E-state index >= 15 is 0 Å². The SMILES string of the molecule is O=C(O)C(F)(F)F.O=c1[nH]c(CSC2CCOCC2)nc2cc(NC3CCC(N4CCOCC4)CC3)cc(F)c12. The van der Waals surface area contributed by atoms with Crippen LogP contribution in [0.4, 0.5) is 23.2 Å². The number of anilines is 1. The number of morpholine rings is 1. The third-order valence-electron chi connectivity index (χ3n) is 7.31. The Hall–Kier alpha value is -2.42. The molecule has 1 saturated carbocycles. The Balaban J connectivity index is 0.000000470. The molecule has 1 aromatic carbocycles. The van der Waals surface area contributed by atoms with E-state index in [-0.39, 0.29) is 5.39 Å². The predicted octanol–water partition coefficient (Wildman–Crippen LogP) is 4.16. The van der Waals surface area contributed by atoms with Crippen molar-refractivity contribution in [2.75, 3.05) is 44.8 Å². The van der Waals surface area contributed by atoms with Crippen molar-refractivity contribution < 1.29 is 36.9 Å². The number of aromatic amines is 1. The van der Waals surface area contributed by atoms with E-state index in [0.717, 1.165) is 78.0 Å². The number of carboxylic acids is 1. The van der Waals surface area contributed by atoms with Crippen molar-refractivity contribution in [2.45, 2.75) is 67.8 Å². The van der Waals surface area contributed by atoms with Gasteiger partial charge >= 0.3 is 12.1 Å². The van der Waals surface area contributed by atoms with Gasteiger partial charge in [-0.25, -0.2) is 14.2 Å². The van der Waals surface area contributed by atoms with Gasteiger partial charge in [-0.15, -0.1) is 0 Å². The number of aliphatic carboxylic acids is 1. The Bertz CT molecular complexity index is 1190. The molecule has 3 N–H and O–H groups in total. The zero-order valence-electron chi connectivity index (χ0n) is 22.0. The standard InChI is InChI=1S/C24H33FN4O3S.C2HF3O2/c25-20-13-17(26-16-1-3-18(4-2-16)29-7-11-32-12-8-29)14-21-23(20)24(30)28-22(27-21)15-33-19-5-9-31-10-6-19;3-2(4,5)1(6)7/h13-14,16,18-19,26H,1-12,15H2,(H,27,28,30);(H,6,7). The number of aromatic nitrogens is 2.